The van der Waals surface area contributed by atoms with Crippen LogP contribution in [0.2, 0.25) is 0 Å². The van der Waals surface area contributed by atoms with Crippen LogP contribution in [0.15, 0.2) is 29.2 Å². The number of piperidine rings is 1. The van der Waals surface area contributed by atoms with Gasteiger partial charge in [0.1, 0.15) is 10.9 Å². The van der Waals surface area contributed by atoms with E-state index in [2.05, 4.69) is 0 Å². The van der Waals surface area contributed by atoms with Crippen molar-refractivity contribution in [1.29, 1.82) is 0 Å². The number of amides is 2. The second-order valence-corrected chi connectivity index (χ2v) is 11.1. The first-order chi connectivity index (χ1) is 15.4. The molecule has 7 nitrogen and oxygen atoms in total. The predicted octanol–water partition coefficient (Wildman–Crippen LogP) is 4.84. The van der Waals surface area contributed by atoms with Gasteiger partial charge in [-0.1, -0.05) is 12.1 Å². The molecule has 2 atom stereocenters. The van der Waals surface area contributed by atoms with E-state index in [0.29, 0.717) is 25.2 Å². The summed E-state index contributed by atoms with van der Waals surface area (Å²) in [6.07, 6.45) is 1.51. The molecule has 0 radical (unpaired) electrons. The van der Waals surface area contributed by atoms with Crippen molar-refractivity contribution in [3.63, 3.8) is 0 Å². The second-order valence-electron chi connectivity index (χ2n) is 9.77. The second kappa shape index (κ2) is 11.8. The highest BCUT2D eigenvalue weighted by Crippen LogP contribution is 2.30. The number of benzene rings is 1. The van der Waals surface area contributed by atoms with Gasteiger partial charge in [-0.15, -0.1) is 11.8 Å². The number of likely N-dealkylation sites (tertiary alicyclic amines) is 1. The molecule has 1 aromatic carbocycles. The van der Waals surface area contributed by atoms with Crippen molar-refractivity contribution in [2.24, 2.45) is 5.92 Å². The topological polar surface area (TPSA) is 76.2 Å². The van der Waals surface area contributed by atoms with Crippen LogP contribution in [0.25, 0.3) is 0 Å². The molecular weight excluding hydrogens is 440 g/mol. The van der Waals surface area contributed by atoms with E-state index < -0.39 is 10.9 Å². The Kier molecular flexibility index (Phi) is 9.64. The molecule has 2 amide bonds. The summed E-state index contributed by atoms with van der Waals surface area (Å²) >= 11 is 1.33. The largest absolute Gasteiger partial charge is 0.468 e. The van der Waals surface area contributed by atoms with Crippen LogP contribution in [0.3, 0.4) is 0 Å². The van der Waals surface area contributed by atoms with Gasteiger partial charge in [-0.3, -0.25) is 9.59 Å². The lowest BCUT2D eigenvalue weighted by atomic mass is 9.96. The van der Waals surface area contributed by atoms with Crippen LogP contribution in [0.1, 0.15) is 64.7 Å². The third-order valence-electron chi connectivity index (χ3n) is 5.47. The molecular formula is C25H38N2O5S. The van der Waals surface area contributed by atoms with Crippen LogP contribution >= 0.6 is 11.8 Å². The summed E-state index contributed by atoms with van der Waals surface area (Å²) < 4.78 is 10.4. The van der Waals surface area contributed by atoms with Crippen molar-refractivity contribution in [3.05, 3.63) is 29.8 Å². The van der Waals surface area contributed by atoms with E-state index in [-0.39, 0.29) is 29.9 Å². The number of nitrogens with zero attached hydrogens (tertiary/aromatic N) is 2. The Morgan fingerprint density at radius 1 is 1.18 bits per heavy atom. The number of ether oxygens (including phenoxy) is 2. The molecule has 0 N–H and O–H groups in total. The first-order valence-electron chi connectivity index (χ1n) is 11.5. The minimum atomic E-state index is -0.554. The maximum Gasteiger partial charge on any atom is 0.410 e. The molecule has 1 fully saturated rings. The Morgan fingerprint density at radius 2 is 1.85 bits per heavy atom. The highest BCUT2D eigenvalue weighted by molar-refractivity contribution is 8.00. The molecule has 33 heavy (non-hydrogen) atoms. The molecule has 0 saturated carbocycles. The van der Waals surface area contributed by atoms with E-state index in [1.54, 1.807) is 17.9 Å². The number of carbonyl (C=O) groups excluding carboxylic acids is 3. The minimum Gasteiger partial charge on any atom is -0.468 e. The van der Waals surface area contributed by atoms with Gasteiger partial charge in [-0.2, -0.15) is 0 Å². The molecule has 8 heteroatoms. The zero-order chi connectivity index (χ0) is 24.8. The summed E-state index contributed by atoms with van der Waals surface area (Å²) in [6.45, 7) is 13.1. The lowest BCUT2D eigenvalue weighted by Gasteiger charge is -2.37. The average molecular weight is 479 g/mol. The van der Waals surface area contributed by atoms with Gasteiger partial charge in [0.15, 0.2) is 0 Å². The number of carbonyl (C=O) groups is 3. The first kappa shape index (κ1) is 27.0. The molecule has 184 valence electrons. The smallest absolute Gasteiger partial charge is 0.410 e. The standard InChI is InChI=1S/C25H38N2O5S/c1-17(2)27(24(30)32-25(4,5)6)16-19-11-10-14-26(15-19)22(28)20-12-8-9-13-21(20)33-18(3)23(29)31-7/h8-9,12-13,17-19H,10-11,14-16H2,1-7H3. The monoisotopic (exact) mass is 478 g/mol. The third kappa shape index (κ3) is 7.95. The lowest BCUT2D eigenvalue weighted by Crippen LogP contribution is -2.48. The maximum atomic E-state index is 13.4. The van der Waals surface area contributed by atoms with Crippen LogP contribution < -0.4 is 0 Å². The van der Waals surface area contributed by atoms with Crippen molar-refractivity contribution in [3.8, 4) is 0 Å². The fraction of sp³-hybridized carbons (Fsp3) is 0.640. The molecule has 0 bridgehead atoms. The fourth-order valence-electron chi connectivity index (χ4n) is 3.81. The van der Waals surface area contributed by atoms with Crippen molar-refractivity contribution >= 4 is 29.7 Å². The number of esters is 1. The summed E-state index contributed by atoms with van der Waals surface area (Å²) in [5, 5.41) is -0.411. The average Bonchev–Trinajstić information content (AvgIpc) is 2.75. The van der Waals surface area contributed by atoms with E-state index >= 15 is 0 Å². The fourth-order valence-corrected chi connectivity index (χ4v) is 4.83. The Bertz CT molecular complexity index is 836. The number of hydrogen-bond donors (Lipinski definition) is 0. The summed E-state index contributed by atoms with van der Waals surface area (Å²) in [5.41, 5.74) is 0.0355. The van der Waals surface area contributed by atoms with Gasteiger partial charge >= 0.3 is 12.1 Å². The SMILES string of the molecule is COC(=O)C(C)Sc1ccccc1C(=O)N1CCCC(CN(C(=O)OC(C)(C)C)C(C)C)C1. The maximum absolute atomic E-state index is 13.4. The molecule has 0 aliphatic carbocycles. The molecule has 0 aromatic heterocycles. The molecule has 2 unspecified atom stereocenters. The summed E-state index contributed by atoms with van der Waals surface area (Å²) in [4.78, 5) is 42.4. The molecule has 1 aliphatic rings. The van der Waals surface area contributed by atoms with Gasteiger partial charge in [0, 0.05) is 30.6 Å². The van der Waals surface area contributed by atoms with Crippen molar-refractivity contribution in [2.45, 2.75) is 76.2 Å². The van der Waals surface area contributed by atoms with Crippen LogP contribution in [0, 0.1) is 5.92 Å². The third-order valence-corrected chi connectivity index (χ3v) is 6.62. The molecule has 1 heterocycles. The zero-order valence-electron chi connectivity index (χ0n) is 20.9. The van der Waals surface area contributed by atoms with Crippen LogP contribution in [-0.4, -0.2) is 71.4 Å². The van der Waals surface area contributed by atoms with E-state index in [4.69, 9.17) is 9.47 Å². The van der Waals surface area contributed by atoms with Crippen LogP contribution in [0.4, 0.5) is 4.79 Å². The van der Waals surface area contributed by atoms with Gasteiger partial charge in [0.25, 0.3) is 5.91 Å². The van der Waals surface area contributed by atoms with Gasteiger partial charge in [0.05, 0.1) is 12.7 Å². The zero-order valence-corrected chi connectivity index (χ0v) is 21.7. The molecule has 2 rings (SSSR count). The van der Waals surface area contributed by atoms with Crippen molar-refractivity contribution in [2.75, 3.05) is 26.7 Å². The number of thioether (sulfide) groups is 1. The Balaban J connectivity index is 2.12. The molecule has 1 aromatic rings. The van der Waals surface area contributed by atoms with Crippen LogP contribution in [0.5, 0.6) is 0 Å². The first-order valence-corrected chi connectivity index (χ1v) is 12.4. The number of rotatable bonds is 7. The van der Waals surface area contributed by atoms with E-state index in [1.807, 2.05) is 57.7 Å². The van der Waals surface area contributed by atoms with E-state index in [1.165, 1.54) is 18.9 Å². The molecule has 1 aliphatic heterocycles. The number of hydrogen-bond acceptors (Lipinski definition) is 6. The summed E-state index contributed by atoms with van der Waals surface area (Å²) in [5.74, 6) is -0.198. The van der Waals surface area contributed by atoms with Crippen molar-refractivity contribution in [1.82, 2.24) is 9.80 Å². The Morgan fingerprint density at radius 3 is 2.45 bits per heavy atom. The summed E-state index contributed by atoms with van der Waals surface area (Å²) in [7, 11) is 1.36. The van der Waals surface area contributed by atoms with Gasteiger partial charge in [0.2, 0.25) is 0 Å². The molecule has 0 spiro atoms. The predicted molar refractivity (Wildman–Crippen MR) is 130 cm³/mol. The molecule has 1 saturated heterocycles. The van der Waals surface area contributed by atoms with Gasteiger partial charge < -0.3 is 19.3 Å². The number of methoxy groups -OCH3 is 1. The lowest BCUT2D eigenvalue weighted by molar-refractivity contribution is -0.139. The quantitative estimate of drug-likeness (QED) is 0.412. The minimum absolute atomic E-state index is 0.00265. The van der Waals surface area contributed by atoms with Crippen molar-refractivity contribution < 1.29 is 23.9 Å². The van der Waals surface area contributed by atoms with Crippen LogP contribution in [-0.2, 0) is 14.3 Å². The Labute approximate surface area is 202 Å². The Hall–Kier alpha value is -2.22. The highest BCUT2D eigenvalue weighted by atomic mass is 32.2. The highest BCUT2D eigenvalue weighted by Gasteiger charge is 2.31. The van der Waals surface area contributed by atoms with E-state index in [9.17, 15) is 14.4 Å². The summed E-state index contributed by atoms with van der Waals surface area (Å²) in [6, 6.07) is 7.37. The van der Waals surface area contributed by atoms with E-state index in [0.717, 1.165) is 17.7 Å². The normalized spacial score (nSPS) is 17.5. The van der Waals surface area contributed by atoms with Gasteiger partial charge in [-0.05, 0) is 72.4 Å². The van der Waals surface area contributed by atoms with Gasteiger partial charge in [-0.25, -0.2) is 4.79 Å².